The Morgan fingerprint density at radius 2 is 0.742 bits per heavy atom. The van der Waals surface area contributed by atoms with Crippen LogP contribution in [-0.2, 0) is 33.5 Å². The lowest BCUT2D eigenvalue weighted by Crippen LogP contribution is -2.47. The fraction of sp³-hybridized carbons (Fsp3) is 0.532. The Bertz CT molecular complexity index is 5030. The Morgan fingerprint density at radius 3 is 1.07 bits per heavy atom. The van der Waals surface area contributed by atoms with Crippen molar-refractivity contribution in [1.82, 2.24) is 98.2 Å². The second-order valence-electron chi connectivity index (χ2n) is 32.7. The van der Waals surface area contributed by atoms with E-state index < -0.39 is 91.9 Å². The molecule has 9 aromatic heterocycles. The van der Waals surface area contributed by atoms with Gasteiger partial charge in [-0.3, -0.25) is 9.13 Å². The molecule has 642 valence electrons. The van der Waals surface area contributed by atoms with Gasteiger partial charge in [-0.05, 0) is 139 Å². The van der Waals surface area contributed by atoms with Gasteiger partial charge in [-0.15, -0.1) is 0 Å². The number of aromatic amines is 3. The number of nitrogens with zero attached hydrogens (tertiary/aromatic N) is 17. The number of hydrogen-bond donors (Lipinski definition) is 12. The van der Waals surface area contributed by atoms with Crippen LogP contribution < -0.4 is 31.4 Å². The van der Waals surface area contributed by atoms with Crippen LogP contribution >= 0.6 is 0 Å². The maximum Gasteiger partial charge on any atom is 0.394 e. The van der Waals surface area contributed by atoms with Gasteiger partial charge in [0.1, 0.15) is 131 Å². The lowest BCUT2D eigenvalue weighted by molar-refractivity contribution is -0.159. The normalized spacial score (nSPS) is 27.1. The standard InChI is InChI=1S/C27H33F2N7O4.2C26H32F2N8O4/c1-27(28,29)40-16-4-5-18-19(11-16)34-21(33-18)6-3-14-9-15(10-14)35(2)12-20-22(37)23(38)26(39-20)36-8-7-17-24(30)31-13-32-25(17)36;2*1-26(27,28)40-15-4-5-16-17(9-15)34-19(33-16)6-3-13-7-14(8-13)35(2)10-18-21(37)22(38)25(39-18)36-12-32-20-23(29)30-11-31-24(20)36/h4-5,7-8,11,13-15,20,22-23,26,37-38H,3,6,9-10,12H2,1-2H3,(H,33,34)(H2,30,31,32);2*4-5,9,11-14,18,21-22,25,37-38H,3,6-8,10H2,1-2H3,(H,33,34)(H2,29,30,31)/t14?,15?,20-,22-,23-,26-;2*13?,14?,18-,21-,22-,25-/m111/s1. The van der Waals surface area contributed by atoms with E-state index in [2.05, 4.69) is 98.7 Å². The van der Waals surface area contributed by atoms with Crippen molar-refractivity contribution < 1.29 is 85.4 Å². The molecule has 12 aromatic rings. The molecule has 35 nitrogen and oxygen atoms in total. The number of fused-ring (bicyclic) bond motifs is 6. The predicted molar refractivity (Wildman–Crippen MR) is 424 cm³/mol. The lowest BCUT2D eigenvalue weighted by atomic mass is 9.76. The van der Waals surface area contributed by atoms with Crippen molar-refractivity contribution in [3.8, 4) is 17.2 Å². The second kappa shape index (κ2) is 33.6. The Kier molecular flexibility index (Phi) is 23.3. The van der Waals surface area contributed by atoms with Crippen LogP contribution in [0.3, 0.4) is 0 Å². The van der Waals surface area contributed by atoms with Gasteiger partial charge in [-0.2, -0.15) is 26.3 Å². The van der Waals surface area contributed by atoms with Crippen molar-refractivity contribution in [3.05, 3.63) is 116 Å². The van der Waals surface area contributed by atoms with Crippen molar-refractivity contribution in [2.75, 3.05) is 58.0 Å². The van der Waals surface area contributed by atoms with Crippen LogP contribution in [0.25, 0.3) is 66.5 Å². The van der Waals surface area contributed by atoms with Gasteiger partial charge in [0.2, 0.25) is 0 Å². The van der Waals surface area contributed by atoms with E-state index in [0.29, 0.717) is 149 Å². The zero-order valence-corrected chi connectivity index (χ0v) is 66.5. The molecule has 0 spiro atoms. The van der Waals surface area contributed by atoms with Crippen LogP contribution in [0.5, 0.6) is 17.2 Å². The molecule has 0 unspecified atom stereocenters. The van der Waals surface area contributed by atoms with Crippen molar-refractivity contribution in [2.24, 2.45) is 17.8 Å². The van der Waals surface area contributed by atoms with Crippen LogP contribution in [0.15, 0.2) is 98.5 Å². The molecule has 6 fully saturated rings. The Hall–Kier alpha value is -10.3. The number of aliphatic hydroxyl groups is 6. The molecule has 3 aromatic carbocycles. The summed E-state index contributed by atoms with van der Waals surface area (Å²) in [5.74, 6) is 5.10. The molecule has 0 bridgehead atoms. The molecule has 41 heteroatoms. The Morgan fingerprint density at radius 1 is 0.425 bits per heavy atom. The Labute approximate surface area is 681 Å². The molecule has 0 amide bonds. The monoisotopic (exact) mass is 1670 g/mol. The number of rotatable bonds is 27. The average molecular weight is 1670 g/mol. The van der Waals surface area contributed by atoms with Crippen LogP contribution in [0.2, 0.25) is 0 Å². The first-order valence-electron chi connectivity index (χ1n) is 39.9. The molecule has 3 aliphatic heterocycles. The summed E-state index contributed by atoms with van der Waals surface area (Å²) in [5.41, 5.74) is 24.0. The van der Waals surface area contributed by atoms with E-state index >= 15 is 0 Å². The number of imidazole rings is 5. The summed E-state index contributed by atoms with van der Waals surface area (Å²) in [7, 11) is 6.00. The molecule has 0 radical (unpaired) electrons. The average Bonchev–Trinajstić information content (AvgIpc) is 1.63. The summed E-state index contributed by atoms with van der Waals surface area (Å²) in [4.78, 5) is 62.8. The highest BCUT2D eigenvalue weighted by Gasteiger charge is 2.49. The molecule has 3 saturated heterocycles. The fourth-order valence-electron chi connectivity index (χ4n) is 17.1. The van der Waals surface area contributed by atoms with E-state index in [0.717, 1.165) is 94.5 Å². The van der Waals surface area contributed by atoms with E-state index in [1.165, 1.54) is 62.0 Å². The van der Waals surface area contributed by atoms with Crippen molar-refractivity contribution in [2.45, 2.75) is 208 Å². The third-order valence-electron chi connectivity index (χ3n) is 23.8. The minimum absolute atomic E-state index is 0.0901. The number of benzene rings is 3. The molecule has 12 atom stereocenters. The van der Waals surface area contributed by atoms with Gasteiger partial charge in [-0.1, -0.05) is 0 Å². The van der Waals surface area contributed by atoms with E-state index in [9.17, 15) is 57.0 Å². The van der Waals surface area contributed by atoms with Gasteiger partial charge in [0.25, 0.3) is 0 Å². The number of anilines is 3. The maximum absolute atomic E-state index is 13.2. The van der Waals surface area contributed by atoms with Gasteiger partial charge in [0.15, 0.2) is 41.6 Å². The molecule has 18 rings (SSSR count). The smallest absolute Gasteiger partial charge is 0.394 e. The van der Waals surface area contributed by atoms with Crippen molar-refractivity contribution >= 4 is 83.9 Å². The van der Waals surface area contributed by atoms with Crippen molar-refractivity contribution in [3.63, 3.8) is 0 Å². The number of nitrogens with two attached hydrogens (primary N) is 3. The van der Waals surface area contributed by atoms with Gasteiger partial charge < -0.3 is 110 Å². The number of aryl methyl sites for hydroxylation is 3. The summed E-state index contributed by atoms with van der Waals surface area (Å²) in [6.45, 7) is 3.52. The second-order valence-corrected chi connectivity index (χ2v) is 32.7. The summed E-state index contributed by atoms with van der Waals surface area (Å²) in [6.07, 6.45) is -0.673. The minimum atomic E-state index is -3.24. The quantitative estimate of drug-likeness (QED) is 0.0224. The van der Waals surface area contributed by atoms with Crippen molar-refractivity contribution in [1.29, 1.82) is 0 Å². The van der Waals surface area contributed by atoms with Crippen LogP contribution in [0.1, 0.15) is 115 Å². The number of ether oxygens (including phenoxy) is 6. The van der Waals surface area contributed by atoms with Crippen LogP contribution in [0, 0.1) is 17.8 Å². The van der Waals surface area contributed by atoms with Crippen LogP contribution in [0.4, 0.5) is 43.8 Å². The zero-order chi connectivity index (χ0) is 84.5. The zero-order valence-electron chi connectivity index (χ0n) is 66.5. The number of alkyl halides is 6. The van der Waals surface area contributed by atoms with Gasteiger partial charge in [0.05, 0.1) is 51.1 Å². The first kappa shape index (κ1) is 83.3. The number of H-pyrrole nitrogens is 3. The molecular formula is C79H97F6N23O12. The summed E-state index contributed by atoms with van der Waals surface area (Å²) in [6, 6.07) is 16.9. The minimum Gasteiger partial charge on any atom is -0.433 e. The topological polar surface area (TPSA) is 468 Å². The third-order valence-corrected chi connectivity index (χ3v) is 23.8. The first-order chi connectivity index (χ1) is 57.2. The summed E-state index contributed by atoms with van der Waals surface area (Å²) in [5, 5.41) is 65.0. The molecule has 15 N–H and O–H groups in total. The fourth-order valence-corrected chi connectivity index (χ4v) is 17.1. The number of hydrogen-bond acceptors (Lipinski definition) is 29. The highest BCUT2D eigenvalue weighted by molar-refractivity contribution is 5.86. The van der Waals surface area contributed by atoms with E-state index in [-0.39, 0.29) is 28.9 Å². The maximum atomic E-state index is 13.2. The largest absolute Gasteiger partial charge is 0.433 e. The lowest BCUT2D eigenvalue weighted by Gasteiger charge is -2.42. The molecule has 3 saturated carbocycles. The Balaban J connectivity index is 0.000000134. The molecule has 120 heavy (non-hydrogen) atoms. The number of nitrogens with one attached hydrogen (secondary N) is 3. The van der Waals surface area contributed by atoms with Gasteiger partial charge in [0, 0.05) is 102 Å². The summed E-state index contributed by atoms with van der Waals surface area (Å²) >= 11 is 0. The number of likely N-dealkylation sites (N-methyl/N-ethyl adjacent to an activating group) is 3. The van der Waals surface area contributed by atoms with Gasteiger partial charge in [-0.25, -0.2) is 54.8 Å². The van der Waals surface area contributed by atoms with E-state index in [1.54, 1.807) is 50.2 Å². The van der Waals surface area contributed by atoms with E-state index in [1.807, 2.05) is 21.1 Å². The SMILES string of the molecule is CN(C[C@H]1O[C@@H](n2ccc3c(N)ncnc32)[C@H](O)[C@@H]1O)C1CC(CCc2nc3ccc(OC(C)(F)F)cc3[nH]2)C1.CN(C[C@H]1O[C@@H](n2cnc3c(N)ncnc32)[C@H](O)[C@@H]1O)C1CC(CCc2nc3ccc(OC(C)(F)F)cc3[nH]2)C1.CN(C[C@H]1O[C@@H](n2cnc3c(N)ncnc32)[C@H](O)[C@@H]1O)C1CC(CCc2nc3ccc(OC(C)(F)F)cc3[nH]2)C1. The molecule has 12 heterocycles. The molecule has 3 aliphatic carbocycles. The molecule has 6 aliphatic rings. The summed E-state index contributed by atoms with van der Waals surface area (Å²) < 4.78 is 116. The van der Waals surface area contributed by atoms with Crippen LogP contribution in [-0.4, -0.2) is 261 Å². The molecular weight excluding hydrogens is 1580 g/mol. The number of aromatic nitrogens is 17. The highest BCUT2D eigenvalue weighted by Crippen LogP contribution is 2.43. The first-order valence-corrected chi connectivity index (χ1v) is 39.9. The van der Waals surface area contributed by atoms with Gasteiger partial charge >= 0.3 is 18.3 Å². The number of aliphatic hydroxyl groups excluding tert-OH is 6. The number of halogens is 6. The number of nitrogen functional groups attached to an aromatic ring is 3. The van der Waals surface area contributed by atoms with E-state index in [4.69, 9.17) is 31.4 Å². The highest BCUT2D eigenvalue weighted by atomic mass is 19.3. The third kappa shape index (κ3) is 18.2. The predicted octanol–water partition coefficient (Wildman–Crippen LogP) is 7.32.